The average molecular weight is 195 g/mol. The number of likely N-dealkylation sites (tertiary alicyclic amines) is 1. The lowest BCUT2D eigenvalue weighted by Crippen LogP contribution is -2.47. The largest absolute Gasteiger partial charge is 0.480 e. The summed E-state index contributed by atoms with van der Waals surface area (Å²) in [6, 6.07) is -0.588. The van der Waals surface area contributed by atoms with Gasteiger partial charge in [-0.05, 0) is 20.4 Å². The number of rotatable bonds is 1. The maximum atomic E-state index is 11.7. The van der Waals surface area contributed by atoms with Gasteiger partial charge in [0.15, 0.2) is 5.78 Å². The summed E-state index contributed by atoms with van der Waals surface area (Å²) >= 11 is 0. The zero-order valence-electron chi connectivity index (χ0n) is 8.23. The van der Waals surface area contributed by atoms with Gasteiger partial charge in [0.2, 0.25) is 0 Å². The molecule has 0 aromatic rings. The van der Waals surface area contributed by atoms with Crippen LogP contribution in [0.25, 0.3) is 0 Å². The molecule has 0 amide bonds. The number of allylic oxidation sites excluding steroid dienone is 1. The summed E-state index contributed by atoms with van der Waals surface area (Å²) in [4.78, 5) is 24.4. The van der Waals surface area contributed by atoms with E-state index in [1.54, 1.807) is 11.9 Å². The van der Waals surface area contributed by atoms with Crippen molar-refractivity contribution < 1.29 is 14.7 Å². The first-order valence-electron chi connectivity index (χ1n) is 4.73. The molecule has 76 valence electrons. The quantitative estimate of drug-likeness (QED) is 0.611. The van der Waals surface area contributed by atoms with Crippen molar-refractivity contribution in [2.45, 2.75) is 25.4 Å². The molecule has 2 fully saturated rings. The number of ketones is 1. The van der Waals surface area contributed by atoms with Crippen molar-refractivity contribution >= 4 is 11.8 Å². The van der Waals surface area contributed by atoms with E-state index in [-0.39, 0.29) is 17.7 Å². The van der Waals surface area contributed by atoms with Crippen LogP contribution >= 0.6 is 0 Å². The number of carbonyl (C=O) groups excluding carboxylic acids is 1. The Morgan fingerprint density at radius 3 is 2.79 bits per heavy atom. The third kappa shape index (κ3) is 0.973. The van der Waals surface area contributed by atoms with Gasteiger partial charge in [-0.15, -0.1) is 0 Å². The fourth-order valence-corrected chi connectivity index (χ4v) is 2.67. The fourth-order valence-electron chi connectivity index (χ4n) is 2.67. The summed E-state index contributed by atoms with van der Waals surface area (Å²) in [6.45, 7) is 1.83. The van der Waals surface area contributed by atoms with Gasteiger partial charge in [0.05, 0.1) is 5.92 Å². The van der Waals surface area contributed by atoms with Gasteiger partial charge in [0, 0.05) is 11.6 Å². The zero-order chi connectivity index (χ0) is 10.5. The Labute approximate surface area is 82.2 Å². The number of piperidine rings is 1. The van der Waals surface area contributed by atoms with Gasteiger partial charge >= 0.3 is 5.97 Å². The van der Waals surface area contributed by atoms with Gasteiger partial charge in [-0.1, -0.05) is 6.08 Å². The molecule has 1 saturated carbocycles. The Morgan fingerprint density at radius 1 is 1.64 bits per heavy atom. The molecule has 2 rings (SSSR count). The van der Waals surface area contributed by atoms with Crippen LogP contribution in [0.2, 0.25) is 0 Å². The Balaban J connectivity index is 2.35. The van der Waals surface area contributed by atoms with Gasteiger partial charge in [0.25, 0.3) is 0 Å². The summed E-state index contributed by atoms with van der Waals surface area (Å²) in [5.74, 6) is -1.18. The molecule has 0 aromatic heterocycles. The molecule has 1 unspecified atom stereocenters. The van der Waals surface area contributed by atoms with E-state index in [9.17, 15) is 9.59 Å². The van der Waals surface area contributed by atoms with Crippen LogP contribution in [0.4, 0.5) is 0 Å². The second-order valence-electron chi connectivity index (χ2n) is 3.91. The van der Waals surface area contributed by atoms with E-state index in [1.807, 2.05) is 13.0 Å². The molecule has 1 aliphatic carbocycles. The maximum Gasteiger partial charge on any atom is 0.321 e. The molecule has 2 aliphatic rings. The minimum Gasteiger partial charge on any atom is -0.480 e. The minimum atomic E-state index is -0.886. The standard InChI is InChI=1S/C10H13NO3/c1-3-5-7-4-6(9(5)12)8(10(13)14)11(7)2/h3,6-8H,4H2,1-2H3,(H,13,14)/b5-3+/t6-,7-,8?/m0/s1. The number of hydrogen-bond acceptors (Lipinski definition) is 3. The number of carboxylic acid groups (broad SMARTS) is 1. The summed E-state index contributed by atoms with van der Waals surface area (Å²) in [6.07, 6.45) is 2.48. The van der Waals surface area contributed by atoms with Crippen molar-refractivity contribution in [3.8, 4) is 0 Å². The van der Waals surface area contributed by atoms with Crippen LogP contribution in [0.1, 0.15) is 13.3 Å². The first-order chi connectivity index (χ1) is 6.57. The van der Waals surface area contributed by atoms with E-state index in [0.717, 1.165) is 5.57 Å². The van der Waals surface area contributed by atoms with E-state index in [4.69, 9.17) is 5.11 Å². The molecule has 0 spiro atoms. The van der Waals surface area contributed by atoms with E-state index >= 15 is 0 Å². The molecule has 1 saturated heterocycles. The van der Waals surface area contributed by atoms with Crippen LogP contribution in [0, 0.1) is 5.92 Å². The van der Waals surface area contributed by atoms with Crippen LogP contribution in [0.15, 0.2) is 11.6 Å². The molecular formula is C10H13NO3. The number of carboxylic acids is 1. The van der Waals surface area contributed by atoms with Crippen molar-refractivity contribution in [3.05, 3.63) is 11.6 Å². The molecular weight excluding hydrogens is 182 g/mol. The van der Waals surface area contributed by atoms with Crippen LogP contribution < -0.4 is 0 Å². The van der Waals surface area contributed by atoms with Crippen LogP contribution in [0.5, 0.6) is 0 Å². The lowest BCUT2D eigenvalue weighted by atomic mass is 9.95. The highest BCUT2D eigenvalue weighted by molar-refractivity contribution is 6.05. The maximum absolute atomic E-state index is 11.7. The number of likely N-dealkylation sites (N-methyl/N-ethyl adjacent to an activating group) is 1. The smallest absolute Gasteiger partial charge is 0.321 e. The molecule has 0 radical (unpaired) electrons. The van der Waals surface area contributed by atoms with Gasteiger partial charge < -0.3 is 5.11 Å². The monoisotopic (exact) mass is 195 g/mol. The highest BCUT2D eigenvalue weighted by atomic mass is 16.4. The van der Waals surface area contributed by atoms with Crippen molar-refractivity contribution in [3.63, 3.8) is 0 Å². The second kappa shape index (κ2) is 2.92. The highest BCUT2D eigenvalue weighted by Crippen LogP contribution is 2.42. The molecule has 14 heavy (non-hydrogen) atoms. The first kappa shape index (κ1) is 9.40. The number of Topliss-reactive ketones (excluding diaryl/α,β-unsaturated/α-hetero) is 1. The van der Waals surface area contributed by atoms with Crippen LogP contribution in [-0.2, 0) is 9.59 Å². The molecule has 4 nitrogen and oxygen atoms in total. The van der Waals surface area contributed by atoms with Crippen LogP contribution in [0.3, 0.4) is 0 Å². The zero-order valence-corrected chi connectivity index (χ0v) is 8.23. The summed E-state index contributed by atoms with van der Waals surface area (Å²) in [5, 5.41) is 8.97. The van der Waals surface area contributed by atoms with Gasteiger partial charge in [-0.25, -0.2) is 0 Å². The summed E-state index contributed by atoms with van der Waals surface area (Å²) in [7, 11) is 1.78. The minimum absolute atomic E-state index is 0.0265. The third-order valence-corrected chi connectivity index (χ3v) is 3.33. The van der Waals surface area contributed by atoms with Crippen molar-refractivity contribution in [2.75, 3.05) is 7.05 Å². The number of fused-ring (bicyclic) bond motifs is 2. The third-order valence-electron chi connectivity index (χ3n) is 3.33. The van der Waals surface area contributed by atoms with Gasteiger partial charge in [-0.3, -0.25) is 14.5 Å². The second-order valence-corrected chi connectivity index (χ2v) is 3.91. The van der Waals surface area contributed by atoms with Gasteiger partial charge in [-0.2, -0.15) is 0 Å². The SMILES string of the molecule is C/C=C1/C(=O)[C@H]2C[C@@H]1N(C)C2C(=O)O. The number of nitrogens with zero attached hydrogens (tertiary/aromatic N) is 1. The Bertz CT molecular complexity index is 334. The van der Waals surface area contributed by atoms with E-state index in [2.05, 4.69) is 0 Å². The molecule has 2 bridgehead atoms. The first-order valence-corrected chi connectivity index (χ1v) is 4.73. The van der Waals surface area contributed by atoms with E-state index in [0.29, 0.717) is 6.42 Å². The molecule has 4 heteroatoms. The Morgan fingerprint density at radius 2 is 2.29 bits per heavy atom. The molecule has 1 heterocycles. The number of carbonyl (C=O) groups is 2. The Hall–Kier alpha value is -1.16. The summed E-state index contributed by atoms with van der Waals surface area (Å²) < 4.78 is 0. The number of hydrogen-bond donors (Lipinski definition) is 1. The number of aliphatic carboxylic acids is 1. The topological polar surface area (TPSA) is 57.6 Å². The molecule has 1 aliphatic heterocycles. The predicted octanol–water partition coefficient (Wildman–Crippen LogP) is 0.289. The average Bonchev–Trinajstić information content (AvgIpc) is 2.59. The van der Waals surface area contributed by atoms with Gasteiger partial charge in [0.1, 0.15) is 6.04 Å². The summed E-state index contributed by atoms with van der Waals surface area (Å²) in [5.41, 5.74) is 0.787. The predicted molar refractivity (Wildman–Crippen MR) is 49.8 cm³/mol. The van der Waals surface area contributed by atoms with E-state index in [1.165, 1.54) is 0 Å². The van der Waals surface area contributed by atoms with Crippen molar-refractivity contribution in [1.82, 2.24) is 4.90 Å². The Kier molecular flexibility index (Phi) is 1.96. The van der Waals surface area contributed by atoms with Crippen LogP contribution in [-0.4, -0.2) is 40.9 Å². The molecule has 0 aromatic carbocycles. The lowest BCUT2D eigenvalue weighted by Gasteiger charge is -2.29. The molecule has 3 atom stereocenters. The van der Waals surface area contributed by atoms with E-state index < -0.39 is 12.0 Å². The molecule has 1 N–H and O–H groups in total. The normalized spacial score (nSPS) is 39.7. The van der Waals surface area contributed by atoms with Crippen molar-refractivity contribution in [1.29, 1.82) is 0 Å². The van der Waals surface area contributed by atoms with Crippen molar-refractivity contribution in [2.24, 2.45) is 5.92 Å². The lowest BCUT2D eigenvalue weighted by molar-refractivity contribution is -0.146. The highest BCUT2D eigenvalue weighted by Gasteiger charge is 2.54. The fraction of sp³-hybridized carbons (Fsp3) is 0.600.